The molecule has 0 fully saturated rings. The van der Waals surface area contributed by atoms with Gasteiger partial charge in [0.05, 0.1) is 17.6 Å². The summed E-state index contributed by atoms with van der Waals surface area (Å²) in [6, 6.07) is 12.8. The van der Waals surface area contributed by atoms with E-state index >= 15 is 0 Å². The van der Waals surface area contributed by atoms with Gasteiger partial charge in [0.1, 0.15) is 17.3 Å². The first-order valence-corrected chi connectivity index (χ1v) is 9.54. The third kappa shape index (κ3) is 4.87. The smallest absolute Gasteiger partial charge is 0.406 e. The normalized spacial score (nSPS) is 11.4. The largest absolute Gasteiger partial charge is 0.573 e. The summed E-state index contributed by atoms with van der Waals surface area (Å²) < 4.78 is 40.4. The predicted molar refractivity (Wildman–Crippen MR) is 106 cm³/mol. The van der Waals surface area contributed by atoms with Gasteiger partial charge in [0.15, 0.2) is 5.13 Å². The van der Waals surface area contributed by atoms with Crippen molar-refractivity contribution in [2.75, 3.05) is 5.32 Å². The van der Waals surface area contributed by atoms with Crippen LogP contribution < -0.4 is 15.4 Å². The van der Waals surface area contributed by atoms with E-state index in [0.717, 1.165) is 11.0 Å². The summed E-state index contributed by atoms with van der Waals surface area (Å²) in [6.45, 7) is 0.217. The Labute approximate surface area is 171 Å². The monoisotopic (exact) mass is 433 g/mol. The fourth-order valence-electron chi connectivity index (χ4n) is 2.64. The van der Waals surface area contributed by atoms with Crippen LogP contribution in [0.1, 0.15) is 16.3 Å². The van der Waals surface area contributed by atoms with Crippen molar-refractivity contribution in [2.24, 2.45) is 0 Å². The summed E-state index contributed by atoms with van der Waals surface area (Å²) in [6.07, 6.45) is -4.74. The topological polar surface area (TPSA) is 91.9 Å². The zero-order valence-corrected chi connectivity index (χ0v) is 16.0. The van der Waals surface area contributed by atoms with E-state index < -0.39 is 6.36 Å². The molecule has 0 radical (unpaired) electrons. The van der Waals surface area contributed by atoms with Crippen LogP contribution in [0.4, 0.5) is 24.0 Å². The van der Waals surface area contributed by atoms with Crippen LogP contribution in [-0.2, 0) is 6.54 Å². The van der Waals surface area contributed by atoms with Gasteiger partial charge in [-0.05, 0) is 36.4 Å². The number of rotatable bonds is 6. The number of carbonyl (C=O) groups is 1. The van der Waals surface area contributed by atoms with E-state index in [4.69, 9.17) is 0 Å². The summed E-state index contributed by atoms with van der Waals surface area (Å²) >= 11 is 1.19. The first-order chi connectivity index (χ1) is 14.4. The second kappa shape index (κ2) is 8.03. The summed E-state index contributed by atoms with van der Waals surface area (Å²) in [5.41, 5.74) is 2.42. The van der Waals surface area contributed by atoms with Crippen LogP contribution in [0.5, 0.6) is 5.75 Å². The number of alkyl halides is 3. The van der Waals surface area contributed by atoms with Gasteiger partial charge in [-0.1, -0.05) is 12.1 Å². The van der Waals surface area contributed by atoms with Crippen LogP contribution in [0.2, 0.25) is 0 Å². The van der Waals surface area contributed by atoms with Gasteiger partial charge >= 0.3 is 6.36 Å². The lowest BCUT2D eigenvalue weighted by Gasteiger charge is -2.09. The third-order valence-corrected chi connectivity index (χ3v) is 4.69. The Hall–Kier alpha value is -3.60. The van der Waals surface area contributed by atoms with Gasteiger partial charge < -0.3 is 20.4 Å². The number of halogens is 3. The standard InChI is InChI=1S/C19H14F3N5O2S/c20-19(21,22)29-12-7-5-11(6-8-12)24-18-27-15(10-30-18)17(28)23-9-16-25-13-3-1-2-4-14(13)26-16/h1-8,10H,9H2,(H,23,28)(H,24,27)(H,25,26). The predicted octanol–water partition coefficient (Wildman–Crippen LogP) is 4.59. The van der Waals surface area contributed by atoms with E-state index in [1.807, 2.05) is 24.3 Å². The highest BCUT2D eigenvalue weighted by Crippen LogP contribution is 2.26. The van der Waals surface area contributed by atoms with Gasteiger partial charge in [-0.3, -0.25) is 4.79 Å². The van der Waals surface area contributed by atoms with E-state index in [-0.39, 0.29) is 23.9 Å². The maximum Gasteiger partial charge on any atom is 0.573 e. The minimum absolute atomic E-state index is 0.217. The fourth-order valence-corrected chi connectivity index (χ4v) is 3.35. The number of nitrogens with zero attached hydrogens (tertiary/aromatic N) is 2. The van der Waals surface area contributed by atoms with Crippen molar-refractivity contribution in [1.82, 2.24) is 20.3 Å². The molecule has 7 nitrogen and oxygen atoms in total. The molecule has 30 heavy (non-hydrogen) atoms. The van der Waals surface area contributed by atoms with Crippen molar-refractivity contribution in [2.45, 2.75) is 12.9 Å². The number of fused-ring (bicyclic) bond motifs is 1. The van der Waals surface area contributed by atoms with Crippen molar-refractivity contribution in [3.63, 3.8) is 0 Å². The number of hydrogen-bond donors (Lipinski definition) is 3. The molecule has 0 saturated carbocycles. The Morgan fingerprint density at radius 1 is 1.10 bits per heavy atom. The zero-order valence-electron chi connectivity index (χ0n) is 15.2. The van der Waals surface area contributed by atoms with E-state index in [0.29, 0.717) is 16.6 Å². The summed E-state index contributed by atoms with van der Waals surface area (Å²) in [5, 5.41) is 7.68. The average Bonchev–Trinajstić information content (AvgIpc) is 3.33. The summed E-state index contributed by atoms with van der Waals surface area (Å²) in [5.74, 6) is -0.0641. The number of carbonyl (C=O) groups excluding carboxylic acids is 1. The molecular weight excluding hydrogens is 419 g/mol. The van der Waals surface area contributed by atoms with Crippen LogP contribution in [0.15, 0.2) is 53.9 Å². The zero-order chi connectivity index (χ0) is 21.1. The Kier molecular flexibility index (Phi) is 5.27. The van der Waals surface area contributed by atoms with Crippen LogP contribution in [-0.4, -0.2) is 27.2 Å². The van der Waals surface area contributed by atoms with E-state index in [2.05, 4.69) is 30.3 Å². The molecule has 1 amide bonds. The van der Waals surface area contributed by atoms with Crippen molar-refractivity contribution < 1.29 is 22.7 Å². The fraction of sp³-hybridized carbons (Fsp3) is 0.105. The minimum Gasteiger partial charge on any atom is -0.406 e. The third-order valence-electron chi connectivity index (χ3n) is 3.93. The molecular formula is C19H14F3N5O2S. The van der Waals surface area contributed by atoms with Crippen molar-refractivity contribution in [3.8, 4) is 5.75 Å². The molecule has 0 saturated heterocycles. The molecule has 0 spiro atoms. The van der Waals surface area contributed by atoms with Crippen molar-refractivity contribution in [3.05, 3.63) is 65.4 Å². The highest BCUT2D eigenvalue weighted by atomic mass is 32.1. The van der Waals surface area contributed by atoms with Gasteiger partial charge in [0, 0.05) is 11.1 Å². The molecule has 154 valence electrons. The lowest BCUT2D eigenvalue weighted by molar-refractivity contribution is -0.274. The van der Waals surface area contributed by atoms with E-state index in [9.17, 15) is 18.0 Å². The molecule has 0 aliphatic carbocycles. The first-order valence-electron chi connectivity index (χ1n) is 8.66. The molecule has 2 aromatic carbocycles. The lowest BCUT2D eigenvalue weighted by atomic mass is 10.3. The Balaban J connectivity index is 1.34. The van der Waals surface area contributed by atoms with Crippen LogP contribution in [0.25, 0.3) is 11.0 Å². The number of amides is 1. The Bertz CT molecular complexity index is 1140. The van der Waals surface area contributed by atoms with Crippen molar-refractivity contribution >= 4 is 39.1 Å². The molecule has 0 aliphatic heterocycles. The molecule has 4 aromatic rings. The molecule has 2 aromatic heterocycles. The molecule has 0 atom stereocenters. The number of benzene rings is 2. The van der Waals surface area contributed by atoms with Crippen molar-refractivity contribution in [1.29, 1.82) is 0 Å². The van der Waals surface area contributed by atoms with Crippen LogP contribution >= 0.6 is 11.3 Å². The highest BCUT2D eigenvalue weighted by Gasteiger charge is 2.30. The maximum absolute atomic E-state index is 12.3. The van der Waals surface area contributed by atoms with E-state index in [1.54, 1.807) is 5.38 Å². The molecule has 2 heterocycles. The number of ether oxygens (including phenoxy) is 1. The SMILES string of the molecule is O=C(NCc1nc2ccccc2[nH]1)c1csc(Nc2ccc(OC(F)(F)F)cc2)n1. The van der Waals surface area contributed by atoms with Crippen LogP contribution in [0.3, 0.4) is 0 Å². The number of aromatic amines is 1. The van der Waals surface area contributed by atoms with Gasteiger partial charge in [0.25, 0.3) is 5.91 Å². The van der Waals surface area contributed by atoms with Gasteiger partial charge in [-0.25, -0.2) is 9.97 Å². The maximum atomic E-state index is 12.3. The second-order valence-corrected chi connectivity index (χ2v) is 6.98. The summed E-state index contributed by atoms with van der Waals surface area (Å²) in [7, 11) is 0. The quantitative estimate of drug-likeness (QED) is 0.414. The number of aromatic nitrogens is 3. The number of anilines is 2. The molecule has 0 unspecified atom stereocenters. The van der Waals surface area contributed by atoms with Gasteiger partial charge in [-0.15, -0.1) is 24.5 Å². The summed E-state index contributed by atoms with van der Waals surface area (Å²) in [4.78, 5) is 24.0. The molecule has 0 bridgehead atoms. The minimum atomic E-state index is -4.74. The first kappa shape index (κ1) is 19.7. The molecule has 4 rings (SSSR count). The number of para-hydroxylation sites is 2. The number of thiazole rings is 1. The second-order valence-electron chi connectivity index (χ2n) is 6.12. The Morgan fingerprint density at radius 3 is 2.60 bits per heavy atom. The average molecular weight is 433 g/mol. The molecule has 0 aliphatic rings. The Morgan fingerprint density at radius 2 is 1.87 bits per heavy atom. The number of H-pyrrole nitrogens is 1. The van der Waals surface area contributed by atoms with Gasteiger partial charge in [-0.2, -0.15) is 0 Å². The highest BCUT2D eigenvalue weighted by molar-refractivity contribution is 7.14. The number of hydrogen-bond acceptors (Lipinski definition) is 6. The lowest BCUT2D eigenvalue weighted by Crippen LogP contribution is -2.23. The van der Waals surface area contributed by atoms with E-state index in [1.165, 1.54) is 35.6 Å². The molecule has 3 N–H and O–H groups in total. The van der Waals surface area contributed by atoms with Crippen LogP contribution in [0, 0.1) is 0 Å². The molecule has 11 heteroatoms. The number of imidazole rings is 1. The van der Waals surface area contributed by atoms with Gasteiger partial charge in [0.2, 0.25) is 0 Å². The number of nitrogens with one attached hydrogen (secondary N) is 3.